The first-order chi connectivity index (χ1) is 12.7. The van der Waals surface area contributed by atoms with Gasteiger partial charge in [-0.3, -0.25) is 10.1 Å². The Morgan fingerprint density at radius 2 is 2.12 bits per heavy atom. The second kappa shape index (κ2) is 7.05. The number of aromatic nitrogens is 1. The molecule has 0 aliphatic carbocycles. The van der Waals surface area contributed by atoms with Crippen LogP contribution in [0.5, 0.6) is 17.2 Å². The molecule has 0 spiro atoms. The van der Waals surface area contributed by atoms with Gasteiger partial charge in [0.25, 0.3) is 5.91 Å². The Morgan fingerprint density at radius 1 is 1.23 bits per heavy atom. The van der Waals surface area contributed by atoms with E-state index in [0.29, 0.717) is 28.8 Å². The van der Waals surface area contributed by atoms with Crippen molar-refractivity contribution < 1.29 is 19.0 Å². The van der Waals surface area contributed by atoms with Gasteiger partial charge >= 0.3 is 0 Å². The van der Waals surface area contributed by atoms with Gasteiger partial charge in [0.05, 0.1) is 12.3 Å². The second-order valence-corrected chi connectivity index (χ2v) is 6.38. The molecule has 1 aromatic heterocycles. The number of carbonyl (C=O) groups is 1. The molecule has 0 saturated carbocycles. The van der Waals surface area contributed by atoms with Crippen LogP contribution in [-0.2, 0) is 0 Å². The van der Waals surface area contributed by atoms with Gasteiger partial charge in [0, 0.05) is 16.5 Å². The van der Waals surface area contributed by atoms with Crippen molar-refractivity contribution in [2.24, 2.45) is 0 Å². The molecule has 1 amide bonds. The highest BCUT2D eigenvalue weighted by molar-refractivity contribution is 7.14. The average Bonchev–Trinajstić information content (AvgIpc) is 3.30. The van der Waals surface area contributed by atoms with Gasteiger partial charge in [-0.05, 0) is 43.3 Å². The zero-order valence-electron chi connectivity index (χ0n) is 14.0. The van der Waals surface area contributed by atoms with E-state index < -0.39 is 0 Å². The maximum absolute atomic E-state index is 12.4. The molecule has 3 aromatic rings. The lowest BCUT2D eigenvalue weighted by Crippen LogP contribution is -2.11. The number of nitrogens with zero attached hydrogens (tertiary/aromatic N) is 1. The Hall–Kier alpha value is -3.06. The fourth-order valence-corrected chi connectivity index (χ4v) is 3.30. The molecule has 2 heterocycles. The summed E-state index contributed by atoms with van der Waals surface area (Å²) in [5.74, 6) is 1.87. The van der Waals surface area contributed by atoms with Gasteiger partial charge in [-0.1, -0.05) is 6.07 Å². The Bertz CT molecular complexity index is 954. The van der Waals surface area contributed by atoms with E-state index in [2.05, 4.69) is 10.3 Å². The van der Waals surface area contributed by atoms with Gasteiger partial charge in [-0.15, -0.1) is 11.3 Å². The van der Waals surface area contributed by atoms with Crippen molar-refractivity contribution in [3.8, 4) is 28.5 Å². The first-order valence-electron chi connectivity index (χ1n) is 8.12. The maximum Gasteiger partial charge on any atom is 0.257 e. The highest BCUT2D eigenvalue weighted by Gasteiger charge is 2.16. The van der Waals surface area contributed by atoms with Crippen LogP contribution in [0.3, 0.4) is 0 Å². The van der Waals surface area contributed by atoms with Crippen LogP contribution in [0, 0.1) is 0 Å². The van der Waals surface area contributed by atoms with E-state index in [9.17, 15) is 4.79 Å². The van der Waals surface area contributed by atoms with Crippen LogP contribution in [0.15, 0.2) is 47.8 Å². The highest BCUT2D eigenvalue weighted by atomic mass is 32.1. The van der Waals surface area contributed by atoms with E-state index in [0.717, 1.165) is 17.0 Å². The molecule has 7 heteroatoms. The number of fused-ring (bicyclic) bond motifs is 1. The predicted octanol–water partition coefficient (Wildman–Crippen LogP) is 4.19. The molecule has 0 fully saturated rings. The Kier molecular flexibility index (Phi) is 4.45. The van der Waals surface area contributed by atoms with E-state index in [4.69, 9.17) is 14.2 Å². The summed E-state index contributed by atoms with van der Waals surface area (Å²) in [6.45, 7) is 2.69. The SMILES string of the molecule is CCOc1cccc(C(=O)Nc2nc(-c3ccc4c(c3)OCO4)cs2)c1. The molecule has 132 valence electrons. The summed E-state index contributed by atoms with van der Waals surface area (Å²) in [5, 5.41) is 5.25. The number of anilines is 1. The van der Waals surface area contributed by atoms with Gasteiger partial charge in [-0.2, -0.15) is 0 Å². The Morgan fingerprint density at radius 3 is 3.00 bits per heavy atom. The zero-order chi connectivity index (χ0) is 17.9. The molecule has 2 aromatic carbocycles. The molecular weight excluding hydrogens is 352 g/mol. The van der Waals surface area contributed by atoms with Crippen LogP contribution in [0.2, 0.25) is 0 Å². The van der Waals surface area contributed by atoms with E-state index in [1.165, 1.54) is 11.3 Å². The van der Waals surface area contributed by atoms with Crippen molar-refractivity contribution in [1.29, 1.82) is 0 Å². The van der Waals surface area contributed by atoms with Crippen LogP contribution in [0.25, 0.3) is 11.3 Å². The third-order valence-corrected chi connectivity index (χ3v) is 4.56. The van der Waals surface area contributed by atoms with E-state index in [1.807, 2.05) is 36.6 Å². The van der Waals surface area contributed by atoms with Gasteiger partial charge in [0.15, 0.2) is 16.6 Å². The van der Waals surface area contributed by atoms with Crippen molar-refractivity contribution in [3.63, 3.8) is 0 Å². The molecule has 0 bridgehead atoms. The molecule has 26 heavy (non-hydrogen) atoms. The largest absolute Gasteiger partial charge is 0.494 e. The first-order valence-corrected chi connectivity index (χ1v) is 9.00. The number of hydrogen-bond acceptors (Lipinski definition) is 6. The smallest absolute Gasteiger partial charge is 0.257 e. The lowest BCUT2D eigenvalue weighted by Gasteiger charge is -2.05. The van der Waals surface area contributed by atoms with Gasteiger partial charge in [0.2, 0.25) is 6.79 Å². The minimum atomic E-state index is -0.224. The fourth-order valence-electron chi connectivity index (χ4n) is 2.58. The van der Waals surface area contributed by atoms with Crippen molar-refractivity contribution in [3.05, 3.63) is 53.4 Å². The van der Waals surface area contributed by atoms with Gasteiger partial charge < -0.3 is 14.2 Å². The number of nitrogens with one attached hydrogen (secondary N) is 1. The summed E-state index contributed by atoms with van der Waals surface area (Å²) in [6, 6.07) is 12.7. The topological polar surface area (TPSA) is 69.7 Å². The minimum absolute atomic E-state index is 0.224. The third-order valence-electron chi connectivity index (χ3n) is 3.80. The number of ether oxygens (including phenoxy) is 3. The lowest BCUT2D eigenvalue weighted by molar-refractivity contribution is 0.102. The number of carbonyl (C=O) groups excluding carboxylic acids is 1. The monoisotopic (exact) mass is 368 g/mol. The highest BCUT2D eigenvalue weighted by Crippen LogP contribution is 2.36. The molecular formula is C19H16N2O4S. The first kappa shape index (κ1) is 16.4. The molecule has 1 aliphatic heterocycles. The average molecular weight is 368 g/mol. The van der Waals surface area contributed by atoms with E-state index in [-0.39, 0.29) is 12.7 Å². The quantitative estimate of drug-likeness (QED) is 0.731. The number of amides is 1. The number of thiazole rings is 1. The fraction of sp³-hybridized carbons (Fsp3) is 0.158. The summed E-state index contributed by atoms with van der Waals surface area (Å²) in [4.78, 5) is 16.9. The molecule has 4 rings (SSSR count). The summed E-state index contributed by atoms with van der Waals surface area (Å²) >= 11 is 1.37. The summed E-state index contributed by atoms with van der Waals surface area (Å²) in [6.07, 6.45) is 0. The molecule has 0 saturated heterocycles. The van der Waals surface area contributed by atoms with Gasteiger partial charge in [-0.25, -0.2) is 4.98 Å². The van der Waals surface area contributed by atoms with Crippen LogP contribution in [0.4, 0.5) is 5.13 Å². The molecule has 0 unspecified atom stereocenters. The molecule has 0 atom stereocenters. The van der Waals surface area contributed by atoms with Crippen molar-refractivity contribution in [2.75, 3.05) is 18.7 Å². The zero-order valence-corrected chi connectivity index (χ0v) is 14.8. The summed E-state index contributed by atoms with van der Waals surface area (Å²) in [7, 11) is 0. The van der Waals surface area contributed by atoms with Crippen LogP contribution in [0.1, 0.15) is 17.3 Å². The number of benzene rings is 2. The molecule has 0 radical (unpaired) electrons. The molecule has 1 N–H and O–H groups in total. The summed E-state index contributed by atoms with van der Waals surface area (Å²) in [5.41, 5.74) is 2.20. The molecule has 1 aliphatic rings. The van der Waals surface area contributed by atoms with Gasteiger partial charge in [0.1, 0.15) is 5.75 Å². The Balaban J connectivity index is 1.50. The minimum Gasteiger partial charge on any atom is -0.494 e. The predicted molar refractivity (Wildman–Crippen MR) is 99.2 cm³/mol. The molecule has 6 nitrogen and oxygen atoms in total. The van der Waals surface area contributed by atoms with E-state index >= 15 is 0 Å². The van der Waals surface area contributed by atoms with Crippen molar-refractivity contribution in [2.45, 2.75) is 6.92 Å². The Labute approximate surface area is 154 Å². The lowest BCUT2D eigenvalue weighted by atomic mass is 10.1. The van der Waals surface area contributed by atoms with E-state index in [1.54, 1.807) is 18.2 Å². The normalized spacial score (nSPS) is 12.0. The maximum atomic E-state index is 12.4. The number of hydrogen-bond donors (Lipinski definition) is 1. The van der Waals surface area contributed by atoms with Crippen molar-refractivity contribution >= 4 is 22.4 Å². The third kappa shape index (κ3) is 3.34. The van der Waals surface area contributed by atoms with Crippen LogP contribution in [-0.4, -0.2) is 24.3 Å². The second-order valence-electron chi connectivity index (χ2n) is 5.52. The summed E-state index contributed by atoms with van der Waals surface area (Å²) < 4.78 is 16.1. The number of rotatable bonds is 5. The van der Waals surface area contributed by atoms with Crippen LogP contribution < -0.4 is 19.5 Å². The van der Waals surface area contributed by atoms with Crippen LogP contribution >= 0.6 is 11.3 Å². The van der Waals surface area contributed by atoms with Crippen molar-refractivity contribution in [1.82, 2.24) is 4.98 Å². The standard InChI is InChI=1S/C19H16N2O4S/c1-2-23-14-5-3-4-13(8-14)18(22)21-19-20-15(10-26-19)12-6-7-16-17(9-12)25-11-24-16/h3-10H,2,11H2,1H3,(H,20,21,22).